The second kappa shape index (κ2) is 11.7. The van der Waals surface area contributed by atoms with Crippen LogP contribution in [0, 0.1) is 0 Å². The van der Waals surface area contributed by atoms with E-state index in [4.69, 9.17) is 9.47 Å². The topological polar surface area (TPSA) is 121 Å². The number of hydrogen-bond donors (Lipinski definition) is 0. The average Bonchev–Trinajstić information content (AvgIpc) is 2.96. The molecule has 4 aromatic rings. The zero-order valence-corrected chi connectivity index (χ0v) is 28.1. The van der Waals surface area contributed by atoms with E-state index < -0.39 is 49.8 Å². The van der Waals surface area contributed by atoms with Gasteiger partial charge in [-0.15, -0.1) is 0 Å². The maximum absolute atomic E-state index is 13.9. The molecule has 0 unspecified atom stereocenters. The van der Waals surface area contributed by atoms with Crippen molar-refractivity contribution in [3.63, 3.8) is 0 Å². The van der Waals surface area contributed by atoms with Crippen molar-refractivity contribution in [1.82, 2.24) is 0 Å². The minimum atomic E-state index is -4.37. The molecule has 0 radical (unpaired) electrons. The maximum Gasteiger partial charge on any atom is 0.206 e. The summed E-state index contributed by atoms with van der Waals surface area (Å²) in [6.07, 6.45) is 0. The molecule has 4 rings (SSSR count). The summed E-state index contributed by atoms with van der Waals surface area (Å²) in [6.45, 7) is 11.5. The Morgan fingerprint density at radius 1 is 0.455 bits per heavy atom. The van der Waals surface area contributed by atoms with Gasteiger partial charge in [-0.3, -0.25) is 0 Å². The number of sulfone groups is 3. The molecule has 8 nitrogen and oxygen atoms in total. The minimum absolute atomic E-state index is 0.100. The van der Waals surface area contributed by atoms with Gasteiger partial charge < -0.3 is 9.47 Å². The fourth-order valence-electron chi connectivity index (χ4n) is 4.35. The molecule has 0 aliphatic rings. The van der Waals surface area contributed by atoms with E-state index in [9.17, 15) is 25.3 Å². The van der Waals surface area contributed by atoms with E-state index in [1.165, 1.54) is 67.8 Å². The van der Waals surface area contributed by atoms with E-state index in [-0.39, 0.29) is 20.1 Å². The van der Waals surface area contributed by atoms with Crippen LogP contribution in [0.25, 0.3) is 0 Å². The van der Waals surface area contributed by atoms with E-state index in [1.54, 1.807) is 12.1 Å². The van der Waals surface area contributed by atoms with E-state index in [0.717, 1.165) is 23.8 Å². The standard InChI is InChI=1S/C33H36O8S3/c1-32(2,3)23-8-14-26(15-9-23)42(34,35)29-20-30(43(36,37)27-16-10-24(40-7)11-17-27)22-31(21-29)44(38,39)28-18-12-25(13-19-28)41-33(4,5)6/h8-22H,1-7H3. The van der Waals surface area contributed by atoms with Gasteiger partial charge >= 0.3 is 0 Å². The van der Waals surface area contributed by atoms with Crippen LogP contribution in [0.3, 0.4) is 0 Å². The van der Waals surface area contributed by atoms with Gasteiger partial charge in [-0.2, -0.15) is 0 Å². The first kappa shape index (κ1) is 33.2. The predicted octanol–water partition coefficient (Wildman–Crippen LogP) is 6.67. The Morgan fingerprint density at radius 2 is 0.773 bits per heavy atom. The van der Waals surface area contributed by atoms with E-state index in [2.05, 4.69) is 0 Å². The summed E-state index contributed by atoms with van der Waals surface area (Å²) in [6, 6.07) is 20.4. The highest BCUT2D eigenvalue weighted by Gasteiger charge is 2.29. The van der Waals surface area contributed by atoms with Gasteiger partial charge in [0, 0.05) is 0 Å². The monoisotopic (exact) mass is 656 g/mol. The third-order valence-corrected chi connectivity index (χ3v) is 12.0. The molecule has 44 heavy (non-hydrogen) atoms. The molecule has 0 fully saturated rings. The maximum atomic E-state index is 13.9. The van der Waals surface area contributed by atoms with Gasteiger partial charge in [-0.05, 0) is 111 Å². The molecule has 0 N–H and O–H groups in total. The van der Waals surface area contributed by atoms with Crippen LogP contribution < -0.4 is 9.47 Å². The lowest BCUT2D eigenvalue weighted by Gasteiger charge is -2.21. The van der Waals surface area contributed by atoms with Crippen LogP contribution in [0.5, 0.6) is 11.5 Å². The Hall–Kier alpha value is -3.67. The third kappa shape index (κ3) is 7.00. The van der Waals surface area contributed by atoms with E-state index in [0.29, 0.717) is 11.5 Å². The number of benzene rings is 4. The zero-order valence-electron chi connectivity index (χ0n) is 25.7. The predicted molar refractivity (Wildman–Crippen MR) is 168 cm³/mol. The third-order valence-electron chi connectivity index (χ3n) is 6.74. The Labute approximate surface area is 260 Å². The average molecular weight is 657 g/mol. The first-order valence-electron chi connectivity index (χ1n) is 13.7. The molecule has 0 saturated heterocycles. The van der Waals surface area contributed by atoms with Crippen LogP contribution in [-0.2, 0) is 34.9 Å². The molecule has 4 aromatic carbocycles. The second-order valence-electron chi connectivity index (χ2n) is 12.3. The molecule has 0 saturated carbocycles. The van der Waals surface area contributed by atoms with Crippen molar-refractivity contribution in [3.05, 3.63) is 96.6 Å². The smallest absolute Gasteiger partial charge is 0.206 e. The van der Waals surface area contributed by atoms with Crippen LogP contribution in [-0.4, -0.2) is 38.0 Å². The van der Waals surface area contributed by atoms with Crippen LogP contribution in [0.2, 0.25) is 0 Å². The lowest BCUT2D eigenvalue weighted by atomic mass is 9.87. The van der Waals surface area contributed by atoms with Crippen molar-refractivity contribution >= 4 is 29.5 Å². The summed E-state index contributed by atoms with van der Waals surface area (Å²) < 4.78 is 93.8. The molecule has 11 heteroatoms. The molecule has 0 amide bonds. The van der Waals surface area contributed by atoms with E-state index >= 15 is 0 Å². The molecule has 0 heterocycles. The van der Waals surface area contributed by atoms with Gasteiger partial charge in [-0.1, -0.05) is 32.9 Å². The number of hydrogen-bond acceptors (Lipinski definition) is 8. The van der Waals surface area contributed by atoms with Gasteiger partial charge in [0.05, 0.1) is 36.5 Å². The van der Waals surface area contributed by atoms with Gasteiger partial charge in [-0.25, -0.2) is 25.3 Å². The van der Waals surface area contributed by atoms with Crippen LogP contribution in [0.15, 0.2) is 120 Å². The number of ether oxygens (including phenoxy) is 2. The fraction of sp³-hybridized carbons (Fsp3) is 0.273. The highest BCUT2D eigenvalue weighted by molar-refractivity contribution is 7.93. The van der Waals surface area contributed by atoms with E-state index in [1.807, 2.05) is 41.5 Å². The molecule has 0 spiro atoms. The summed E-state index contributed by atoms with van der Waals surface area (Å²) in [5, 5.41) is 0. The summed E-state index contributed by atoms with van der Waals surface area (Å²) in [7, 11) is -11.6. The first-order valence-corrected chi connectivity index (χ1v) is 18.1. The lowest BCUT2D eigenvalue weighted by molar-refractivity contribution is 0.131. The number of rotatable bonds is 8. The SMILES string of the molecule is COc1ccc(S(=O)(=O)c2cc(S(=O)(=O)c3ccc(OC(C)(C)C)cc3)cc(S(=O)(=O)c3ccc(C(C)(C)C)cc3)c2)cc1. The van der Waals surface area contributed by atoms with Gasteiger partial charge in [0.1, 0.15) is 17.1 Å². The highest BCUT2D eigenvalue weighted by atomic mass is 32.2. The molecule has 234 valence electrons. The molecular weight excluding hydrogens is 621 g/mol. The largest absolute Gasteiger partial charge is 0.497 e. The molecule has 0 atom stereocenters. The molecule has 0 aliphatic carbocycles. The fourth-order valence-corrected chi connectivity index (χ4v) is 8.56. The van der Waals surface area contributed by atoms with Gasteiger partial charge in [0.2, 0.25) is 29.5 Å². The molecule has 0 aliphatic heterocycles. The van der Waals surface area contributed by atoms with Crippen molar-refractivity contribution in [3.8, 4) is 11.5 Å². The molecule has 0 bridgehead atoms. The van der Waals surface area contributed by atoms with Crippen molar-refractivity contribution in [2.24, 2.45) is 0 Å². The Bertz CT molecular complexity index is 1980. The summed E-state index contributed by atoms with van der Waals surface area (Å²) >= 11 is 0. The first-order chi connectivity index (χ1) is 20.2. The van der Waals surface area contributed by atoms with Crippen LogP contribution in [0.4, 0.5) is 0 Å². The lowest BCUT2D eigenvalue weighted by Crippen LogP contribution is -2.22. The summed E-state index contributed by atoms with van der Waals surface area (Å²) in [4.78, 5) is -1.86. The minimum Gasteiger partial charge on any atom is -0.497 e. The van der Waals surface area contributed by atoms with Crippen LogP contribution in [0.1, 0.15) is 47.1 Å². The Morgan fingerprint density at radius 3 is 1.07 bits per heavy atom. The summed E-state index contributed by atoms with van der Waals surface area (Å²) in [5.41, 5.74) is 0.150. The quantitative estimate of drug-likeness (QED) is 0.206. The second-order valence-corrected chi connectivity index (χ2v) is 18.1. The normalized spacial score (nSPS) is 13.0. The Kier molecular flexibility index (Phi) is 8.82. The van der Waals surface area contributed by atoms with Gasteiger partial charge in [0.25, 0.3) is 0 Å². The Balaban J connectivity index is 1.91. The van der Waals surface area contributed by atoms with Crippen LogP contribution >= 0.6 is 0 Å². The summed E-state index contributed by atoms with van der Waals surface area (Å²) in [5.74, 6) is 0.857. The molecular formula is C33H36O8S3. The zero-order chi connectivity index (χ0) is 32.7. The van der Waals surface area contributed by atoms with Crippen molar-refractivity contribution in [2.75, 3.05) is 7.11 Å². The van der Waals surface area contributed by atoms with Crippen molar-refractivity contribution in [1.29, 1.82) is 0 Å². The molecule has 0 aromatic heterocycles. The van der Waals surface area contributed by atoms with Gasteiger partial charge in [0.15, 0.2) is 0 Å². The number of methoxy groups -OCH3 is 1. The van der Waals surface area contributed by atoms with Crippen molar-refractivity contribution < 1.29 is 34.7 Å². The highest BCUT2D eigenvalue weighted by Crippen LogP contribution is 2.34. The van der Waals surface area contributed by atoms with Crippen molar-refractivity contribution in [2.45, 2.75) is 81.9 Å².